The van der Waals surface area contributed by atoms with Gasteiger partial charge < -0.3 is 24.7 Å². The molecule has 0 radical (unpaired) electrons. The molecule has 2 N–H and O–H groups in total. The minimum atomic E-state index is 0.329. The molecule has 0 spiro atoms. The largest absolute Gasteiger partial charge is 0.381 e. The van der Waals surface area contributed by atoms with Gasteiger partial charge in [-0.25, -0.2) is 0 Å². The van der Waals surface area contributed by atoms with Crippen LogP contribution in [0.3, 0.4) is 0 Å². The highest BCUT2D eigenvalue weighted by Gasteiger charge is 2.13. The van der Waals surface area contributed by atoms with E-state index in [1.165, 1.54) is 22.0 Å². The van der Waals surface area contributed by atoms with Gasteiger partial charge in [0, 0.05) is 51.6 Å². The van der Waals surface area contributed by atoms with Crippen LogP contribution in [0.15, 0.2) is 65.8 Å². The Morgan fingerprint density at radius 1 is 1.03 bits per heavy atom. The number of benzene rings is 2. The van der Waals surface area contributed by atoms with Gasteiger partial charge in [-0.15, -0.1) is 0 Å². The van der Waals surface area contributed by atoms with Gasteiger partial charge in [-0.05, 0) is 47.9 Å². The van der Waals surface area contributed by atoms with E-state index < -0.39 is 0 Å². The lowest BCUT2D eigenvalue weighted by Gasteiger charge is -2.22. The van der Waals surface area contributed by atoms with Crippen LogP contribution in [-0.2, 0) is 29.2 Å². The van der Waals surface area contributed by atoms with Crippen LogP contribution in [0, 0.1) is 0 Å². The fourth-order valence-electron chi connectivity index (χ4n) is 4.01. The highest BCUT2D eigenvalue weighted by molar-refractivity contribution is 5.80. The molecule has 1 aliphatic heterocycles. The van der Waals surface area contributed by atoms with Crippen LogP contribution in [0.2, 0.25) is 0 Å². The predicted molar refractivity (Wildman–Crippen MR) is 130 cm³/mol. The molecular formula is C26H34N4O2. The number of aryl methyl sites for hydroxylation is 1. The Morgan fingerprint density at radius 2 is 1.81 bits per heavy atom. The summed E-state index contributed by atoms with van der Waals surface area (Å²) in [4.78, 5) is 4.34. The zero-order valence-electron chi connectivity index (χ0n) is 18.9. The molecule has 32 heavy (non-hydrogen) atoms. The van der Waals surface area contributed by atoms with Crippen LogP contribution in [0.1, 0.15) is 30.4 Å². The van der Waals surface area contributed by atoms with E-state index in [0.717, 1.165) is 58.1 Å². The third-order valence-electron chi connectivity index (χ3n) is 5.91. The van der Waals surface area contributed by atoms with Crippen molar-refractivity contribution in [2.45, 2.75) is 45.1 Å². The lowest BCUT2D eigenvalue weighted by atomic mass is 10.1. The molecule has 6 nitrogen and oxygen atoms in total. The smallest absolute Gasteiger partial charge is 0.191 e. The Balaban J connectivity index is 1.15. The molecule has 170 valence electrons. The van der Waals surface area contributed by atoms with Crippen LogP contribution >= 0.6 is 0 Å². The number of ether oxygens (including phenoxy) is 2. The molecule has 4 rings (SSSR count). The monoisotopic (exact) mass is 434 g/mol. The third kappa shape index (κ3) is 6.34. The van der Waals surface area contributed by atoms with Gasteiger partial charge in [-0.3, -0.25) is 4.99 Å². The molecule has 0 saturated carbocycles. The van der Waals surface area contributed by atoms with Gasteiger partial charge in [-0.2, -0.15) is 0 Å². The first-order valence-corrected chi connectivity index (χ1v) is 11.6. The number of para-hydroxylation sites is 1. The van der Waals surface area contributed by atoms with Crippen LogP contribution in [0.4, 0.5) is 0 Å². The van der Waals surface area contributed by atoms with Crippen LogP contribution in [0.25, 0.3) is 10.9 Å². The number of rotatable bonds is 9. The SMILES string of the molecule is CN=C(NCCCn1ccc2ccccc21)NCc1ccc(COC2CCOCC2)cc1. The van der Waals surface area contributed by atoms with Crippen molar-refractivity contribution in [3.05, 3.63) is 71.9 Å². The van der Waals surface area contributed by atoms with Crippen LogP contribution < -0.4 is 10.6 Å². The average Bonchev–Trinajstić information content (AvgIpc) is 3.27. The van der Waals surface area contributed by atoms with Gasteiger partial charge >= 0.3 is 0 Å². The summed E-state index contributed by atoms with van der Waals surface area (Å²) in [5.74, 6) is 0.828. The van der Waals surface area contributed by atoms with Crippen molar-refractivity contribution < 1.29 is 9.47 Å². The number of aliphatic imine (C=N–C) groups is 1. The second-order valence-corrected chi connectivity index (χ2v) is 8.21. The fraction of sp³-hybridized carbons (Fsp3) is 0.423. The van der Waals surface area contributed by atoms with E-state index in [4.69, 9.17) is 9.47 Å². The van der Waals surface area contributed by atoms with Crippen molar-refractivity contribution >= 4 is 16.9 Å². The summed E-state index contributed by atoms with van der Waals surface area (Å²) in [6.07, 6.45) is 5.51. The molecular weight excluding hydrogens is 400 g/mol. The number of hydrogen-bond donors (Lipinski definition) is 2. The number of nitrogens with zero attached hydrogens (tertiary/aromatic N) is 2. The molecule has 1 fully saturated rings. The second-order valence-electron chi connectivity index (χ2n) is 8.21. The summed E-state index contributed by atoms with van der Waals surface area (Å²) in [7, 11) is 1.81. The molecule has 2 aromatic carbocycles. The van der Waals surface area contributed by atoms with Gasteiger partial charge in [0.05, 0.1) is 12.7 Å². The quantitative estimate of drug-likeness (QED) is 0.303. The first-order chi connectivity index (χ1) is 15.8. The van der Waals surface area contributed by atoms with E-state index in [0.29, 0.717) is 12.7 Å². The van der Waals surface area contributed by atoms with E-state index >= 15 is 0 Å². The summed E-state index contributed by atoms with van der Waals surface area (Å²) in [6.45, 7) is 4.88. The number of aromatic nitrogens is 1. The van der Waals surface area contributed by atoms with Gasteiger partial charge in [0.1, 0.15) is 0 Å². The van der Waals surface area contributed by atoms with Crippen LogP contribution in [-0.4, -0.2) is 43.4 Å². The first-order valence-electron chi connectivity index (χ1n) is 11.6. The zero-order valence-corrected chi connectivity index (χ0v) is 18.9. The van der Waals surface area contributed by atoms with Crippen molar-refractivity contribution in [1.29, 1.82) is 0 Å². The molecule has 0 amide bonds. The van der Waals surface area contributed by atoms with E-state index in [1.807, 2.05) is 7.05 Å². The summed E-state index contributed by atoms with van der Waals surface area (Å²) in [6, 6.07) is 19.3. The number of hydrogen-bond acceptors (Lipinski definition) is 3. The Hall–Kier alpha value is -2.83. The molecule has 0 aliphatic carbocycles. The number of fused-ring (bicyclic) bond motifs is 1. The lowest BCUT2D eigenvalue weighted by Crippen LogP contribution is -2.37. The van der Waals surface area contributed by atoms with Gasteiger partial charge in [0.2, 0.25) is 0 Å². The fourth-order valence-corrected chi connectivity index (χ4v) is 4.01. The van der Waals surface area contributed by atoms with Gasteiger partial charge in [0.25, 0.3) is 0 Å². The molecule has 0 unspecified atom stereocenters. The summed E-state index contributed by atoms with van der Waals surface area (Å²) in [5, 5.41) is 8.10. The third-order valence-corrected chi connectivity index (χ3v) is 5.91. The van der Waals surface area contributed by atoms with Crippen molar-refractivity contribution in [3.63, 3.8) is 0 Å². The van der Waals surface area contributed by atoms with Crippen molar-refractivity contribution in [1.82, 2.24) is 15.2 Å². The highest BCUT2D eigenvalue weighted by Crippen LogP contribution is 2.15. The topological polar surface area (TPSA) is 59.8 Å². The normalized spacial score (nSPS) is 15.2. The Morgan fingerprint density at radius 3 is 2.62 bits per heavy atom. The summed E-state index contributed by atoms with van der Waals surface area (Å²) >= 11 is 0. The molecule has 0 bridgehead atoms. The number of nitrogens with one attached hydrogen (secondary N) is 2. The highest BCUT2D eigenvalue weighted by atomic mass is 16.5. The Bertz CT molecular complexity index is 990. The van der Waals surface area contributed by atoms with Crippen molar-refractivity contribution in [3.8, 4) is 0 Å². The van der Waals surface area contributed by atoms with Crippen molar-refractivity contribution in [2.24, 2.45) is 4.99 Å². The molecule has 6 heteroatoms. The minimum Gasteiger partial charge on any atom is -0.381 e. The Kier molecular flexibility index (Phi) is 8.17. The maximum atomic E-state index is 6.00. The van der Waals surface area contributed by atoms with Crippen LogP contribution in [0.5, 0.6) is 0 Å². The molecule has 1 saturated heterocycles. The van der Waals surface area contributed by atoms with Gasteiger partial charge in [0.15, 0.2) is 5.96 Å². The minimum absolute atomic E-state index is 0.329. The standard InChI is InChI=1S/C26H34N4O2/c1-27-26(28-14-4-15-30-16-11-23-5-2-3-6-25(23)30)29-19-21-7-9-22(10-8-21)20-32-24-12-17-31-18-13-24/h2-3,5-11,16,24H,4,12-15,17-20H2,1H3,(H2,27,28,29). The van der Waals surface area contributed by atoms with Gasteiger partial charge in [-0.1, -0.05) is 42.5 Å². The molecule has 1 aliphatic rings. The summed E-state index contributed by atoms with van der Waals surface area (Å²) < 4.78 is 13.7. The molecule has 2 heterocycles. The lowest BCUT2D eigenvalue weighted by molar-refractivity contribution is -0.0390. The molecule has 3 aromatic rings. The first kappa shape index (κ1) is 22.4. The van der Waals surface area contributed by atoms with E-state index in [9.17, 15) is 0 Å². The maximum absolute atomic E-state index is 6.00. The molecule has 1 aromatic heterocycles. The predicted octanol–water partition coefficient (Wildman–Crippen LogP) is 4.09. The van der Waals surface area contributed by atoms with Crippen molar-refractivity contribution in [2.75, 3.05) is 26.8 Å². The average molecular weight is 435 g/mol. The van der Waals surface area contributed by atoms with E-state index in [-0.39, 0.29) is 0 Å². The Labute approximate surface area is 190 Å². The second kappa shape index (κ2) is 11.7. The van der Waals surface area contributed by atoms with E-state index in [1.54, 1.807) is 0 Å². The van der Waals surface area contributed by atoms with E-state index in [2.05, 4.69) is 81.0 Å². The molecule has 0 atom stereocenters. The number of guanidine groups is 1. The zero-order chi connectivity index (χ0) is 22.0. The maximum Gasteiger partial charge on any atom is 0.191 e. The summed E-state index contributed by atoms with van der Waals surface area (Å²) in [5.41, 5.74) is 3.72.